The highest BCUT2D eigenvalue weighted by Gasteiger charge is 2.62. The van der Waals surface area contributed by atoms with Gasteiger partial charge in [-0.1, -0.05) is 37.5 Å². The van der Waals surface area contributed by atoms with Crippen molar-refractivity contribution < 1.29 is 46.5 Å². The van der Waals surface area contributed by atoms with Crippen molar-refractivity contribution in [2.45, 2.75) is 113 Å². The number of nitrogens with zero attached hydrogens (tertiary/aromatic N) is 3. The number of benzene rings is 1. The molecule has 324 valence electrons. The Hall–Kier alpha value is -4.90. The molecule has 2 saturated heterocycles. The van der Waals surface area contributed by atoms with E-state index in [4.69, 9.17) is 23.9 Å². The molecule has 5 amide bonds. The van der Waals surface area contributed by atoms with Crippen LogP contribution in [0.25, 0.3) is 17.0 Å². The number of pyridine rings is 1. The predicted molar refractivity (Wildman–Crippen MR) is 222 cm³/mol. The molecule has 1 aromatic carbocycles. The van der Waals surface area contributed by atoms with Gasteiger partial charge in [-0.2, -0.15) is 0 Å². The van der Waals surface area contributed by atoms with Crippen LogP contribution in [0.4, 0.5) is 4.79 Å². The summed E-state index contributed by atoms with van der Waals surface area (Å²) in [6.45, 7) is 7.34. The molecule has 0 radical (unpaired) electrons. The van der Waals surface area contributed by atoms with Crippen molar-refractivity contribution in [3.63, 3.8) is 0 Å². The van der Waals surface area contributed by atoms with Gasteiger partial charge in [-0.15, -0.1) is 6.58 Å². The Labute approximate surface area is 350 Å². The lowest BCUT2D eigenvalue weighted by molar-refractivity contribution is -0.142. The molecule has 9 rings (SSSR count). The molecule has 3 aliphatic carbocycles. The maximum Gasteiger partial charge on any atom is 0.318 e. The van der Waals surface area contributed by atoms with Crippen LogP contribution < -0.4 is 29.6 Å². The Kier molecular flexibility index (Phi) is 12.0. The molecular weight excluding hydrogens is 793 g/mol. The summed E-state index contributed by atoms with van der Waals surface area (Å²) in [6, 6.07) is 3.04. The lowest BCUT2D eigenvalue weighted by Gasteiger charge is -2.41. The average Bonchev–Trinajstić information content (AvgIpc) is 4.15. The lowest BCUT2D eigenvalue weighted by atomic mass is 9.83. The summed E-state index contributed by atoms with van der Waals surface area (Å²) in [7, 11) is -2.32. The molecule has 5 fully saturated rings. The van der Waals surface area contributed by atoms with Crippen molar-refractivity contribution in [2.75, 3.05) is 40.0 Å². The van der Waals surface area contributed by atoms with Gasteiger partial charge in [-0.05, 0) is 63.9 Å². The third kappa shape index (κ3) is 8.65. The smallest absolute Gasteiger partial charge is 0.318 e. The van der Waals surface area contributed by atoms with E-state index in [9.17, 15) is 22.8 Å². The van der Waals surface area contributed by atoms with Gasteiger partial charge in [-0.3, -0.25) is 19.1 Å². The number of amides is 5. The minimum atomic E-state index is -3.91. The highest BCUT2D eigenvalue weighted by atomic mass is 32.2. The lowest BCUT2D eigenvalue weighted by Crippen LogP contribution is -2.63. The Balaban J connectivity index is 1.16. The number of methoxy groups -OCH3 is 1. The Morgan fingerprint density at radius 3 is 2.55 bits per heavy atom. The standard InChI is InChI=1S/C43H56N6O10S/c1-4-28-22-43(28,41(52)47-60(54,55)31-15-16-31)46-39(50)34-19-29-25-49(34)40(51)38(26-12-8-6-9-13-26)45-42(53)48-23-30(24-48)58-17-11-7-10-14-27-18-32-33(20-35(27)56-3)44-37(57-5-2)21-36(32)59-29/h4,10,14,18,20-21,26,28-31,34,38H,1,5-9,11-13,15-17,19,22-25H2,2-3H3,(H,45,53)(H,46,50)(H,47,52)/b14-10+/t28-,29+,34-,38-,43+/m0/s1. The number of sulfonamides is 1. The summed E-state index contributed by atoms with van der Waals surface area (Å²) in [5, 5.41) is 5.96. The fourth-order valence-corrected chi connectivity index (χ4v) is 10.4. The molecule has 17 heteroatoms. The monoisotopic (exact) mass is 848 g/mol. The van der Waals surface area contributed by atoms with Crippen molar-refractivity contribution in [1.29, 1.82) is 0 Å². The van der Waals surface area contributed by atoms with Gasteiger partial charge in [0.25, 0.3) is 5.91 Å². The first-order valence-electron chi connectivity index (χ1n) is 21.4. The Morgan fingerprint density at radius 1 is 1.07 bits per heavy atom. The highest BCUT2D eigenvalue weighted by molar-refractivity contribution is 7.91. The topological polar surface area (TPSA) is 195 Å². The van der Waals surface area contributed by atoms with Gasteiger partial charge in [0.2, 0.25) is 27.7 Å². The third-order valence-electron chi connectivity index (χ3n) is 12.7. The molecule has 0 spiro atoms. The SMILES string of the molecule is C=C[C@H]1C[C@]1(NC(=O)[C@@H]1C[C@@H]2CN1C(=O)[C@H](C1CCCCC1)NC(=O)N1CC(C1)OCCC/C=C/c1cc3c(cc(OCC)nc3cc1OC)O2)C(=O)NS(=O)(=O)C1CC1. The zero-order valence-electron chi connectivity index (χ0n) is 34.4. The minimum absolute atomic E-state index is 0.00746. The van der Waals surface area contributed by atoms with E-state index in [2.05, 4.69) is 28.0 Å². The van der Waals surface area contributed by atoms with Gasteiger partial charge < -0.3 is 39.4 Å². The number of carbonyl (C=O) groups is 4. The molecule has 1 aromatic heterocycles. The molecule has 3 N–H and O–H groups in total. The quantitative estimate of drug-likeness (QED) is 0.294. The number of aromatic nitrogens is 1. The number of carbonyl (C=O) groups excluding carboxylic acids is 4. The van der Waals surface area contributed by atoms with Crippen LogP contribution in [-0.2, 0) is 29.1 Å². The summed E-state index contributed by atoms with van der Waals surface area (Å²) in [4.78, 5) is 65.0. The summed E-state index contributed by atoms with van der Waals surface area (Å²) in [5.74, 6) is -1.20. The van der Waals surface area contributed by atoms with E-state index in [-0.39, 0.29) is 37.4 Å². The van der Waals surface area contributed by atoms with Gasteiger partial charge in [0, 0.05) is 42.0 Å². The number of nitrogens with one attached hydrogen (secondary N) is 3. The van der Waals surface area contributed by atoms with E-state index < -0.39 is 62.6 Å². The van der Waals surface area contributed by atoms with Gasteiger partial charge in [0.05, 0.1) is 50.2 Å². The van der Waals surface area contributed by atoms with Crippen molar-refractivity contribution in [1.82, 2.24) is 30.1 Å². The average molecular weight is 849 g/mol. The third-order valence-corrected chi connectivity index (χ3v) is 14.6. The van der Waals surface area contributed by atoms with Crippen LogP contribution in [0.1, 0.15) is 83.1 Å². The van der Waals surface area contributed by atoms with Crippen molar-refractivity contribution >= 4 is 50.8 Å². The van der Waals surface area contributed by atoms with Crippen LogP contribution in [0.15, 0.2) is 36.9 Å². The second-order valence-electron chi connectivity index (χ2n) is 16.9. The first-order valence-corrected chi connectivity index (χ1v) is 22.9. The van der Waals surface area contributed by atoms with Gasteiger partial charge in [0.15, 0.2) is 0 Å². The van der Waals surface area contributed by atoms with Gasteiger partial charge in [0.1, 0.15) is 35.2 Å². The van der Waals surface area contributed by atoms with Crippen LogP contribution in [0.5, 0.6) is 17.4 Å². The van der Waals surface area contributed by atoms with Gasteiger partial charge in [-0.25, -0.2) is 18.2 Å². The van der Waals surface area contributed by atoms with E-state index in [1.165, 1.54) is 11.0 Å². The van der Waals surface area contributed by atoms with Crippen molar-refractivity contribution in [3.8, 4) is 17.4 Å². The van der Waals surface area contributed by atoms with E-state index in [1.807, 2.05) is 25.1 Å². The Morgan fingerprint density at radius 2 is 1.85 bits per heavy atom. The summed E-state index contributed by atoms with van der Waals surface area (Å²) >= 11 is 0. The molecule has 60 heavy (non-hydrogen) atoms. The van der Waals surface area contributed by atoms with Crippen LogP contribution in [0.2, 0.25) is 0 Å². The number of ether oxygens (including phenoxy) is 4. The molecule has 5 atom stereocenters. The minimum Gasteiger partial charge on any atom is -0.496 e. The zero-order chi connectivity index (χ0) is 42.2. The second kappa shape index (κ2) is 17.2. The maximum absolute atomic E-state index is 15.1. The molecular formula is C43H56N6O10S. The van der Waals surface area contributed by atoms with Crippen molar-refractivity contribution in [2.24, 2.45) is 11.8 Å². The zero-order valence-corrected chi connectivity index (χ0v) is 35.2. The second-order valence-corrected chi connectivity index (χ2v) is 18.9. The number of allylic oxidation sites excluding steroid dienone is 1. The molecule has 6 bridgehead atoms. The molecule has 3 saturated carbocycles. The number of fused-ring (bicyclic) bond motifs is 7. The summed E-state index contributed by atoms with van der Waals surface area (Å²) in [5.41, 5.74) is -0.193. The highest BCUT2D eigenvalue weighted by Crippen LogP contribution is 2.46. The fourth-order valence-electron chi connectivity index (χ4n) is 9.04. The van der Waals surface area contributed by atoms with E-state index in [1.54, 1.807) is 18.1 Å². The van der Waals surface area contributed by atoms with E-state index >= 15 is 4.79 Å². The first kappa shape index (κ1) is 41.8. The maximum atomic E-state index is 15.1. The van der Waals surface area contributed by atoms with E-state index in [0.29, 0.717) is 67.4 Å². The van der Waals surface area contributed by atoms with Crippen LogP contribution in [0.3, 0.4) is 0 Å². The normalized spacial score (nSPS) is 29.3. The molecule has 4 aliphatic heterocycles. The summed E-state index contributed by atoms with van der Waals surface area (Å²) in [6.07, 6.45) is 11.7. The van der Waals surface area contributed by atoms with E-state index in [0.717, 1.165) is 50.5 Å². The number of urea groups is 1. The number of hydrogen-bond donors (Lipinski definition) is 3. The first-order chi connectivity index (χ1) is 28.9. The fraction of sp³-hybridized carbons (Fsp3) is 0.605. The molecule has 5 heterocycles. The largest absolute Gasteiger partial charge is 0.496 e. The van der Waals surface area contributed by atoms with Crippen LogP contribution >= 0.6 is 0 Å². The molecule has 7 aliphatic rings. The van der Waals surface area contributed by atoms with Crippen LogP contribution in [-0.4, -0.2) is 122 Å². The Bertz CT molecular complexity index is 2150. The molecule has 16 nitrogen and oxygen atoms in total. The van der Waals surface area contributed by atoms with Gasteiger partial charge >= 0.3 is 6.03 Å². The predicted octanol–water partition coefficient (Wildman–Crippen LogP) is 3.83. The number of rotatable bonds is 10. The molecule has 0 unspecified atom stereocenters. The summed E-state index contributed by atoms with van der Waals surface area (Å²) < 4.78 is 52.4. The number of hydrogen-bond acceptors (Lipinski definition) is 11. The van der Waals surface area contributed by atoms with Crippen LogP contribution in [0, 0.1) is 11.8 Å². The van der Waals surface area contributed by atoms with Crippen molar-refractivity contribution in [3.05, 3.63) is 42.5 Å². The molecule has 2 aromatic rings.